The highest BCUT2D eigenvalue weighted by molar-refractivity contribution is 5.85. The number of ether oxygens (including phenoxy) is 1. The number of likely N-dealkylation sites (tertiary alicyclic amines) is 1. The van der Waals surface area contributed by atoms with Gasteiger partial charge < -0.3 is 15.7 Å². The summed E-state index contributed by atoms with van der Waals surface area (Å²) in [5.41, 5.74) is 5.54. The van der Waals surface area contributed by atoms with Crippen molar-refractivity contribution in [3.63, 3.8) is 0 Å². The second-order valence-corrected chi connectivity index (χ2v) is 5.18. The van der Waals surface area contributed by atoms with Crippen molar-refractivity contribution in [1.82, 2.24) is 4.90 Å². The molecule has 3 N–H and O–H groups in total. The summed E-state index contributed by atoms with van der Waals surface area (Å²) in [4.78, 5) is 2.21. The monoisotopic (exact) mass is 229 g/mol. The first kappa shape index (κ1) is 13.3. The van der Waals surface area contributed by atoms with Gasteiger partial charge >= 0.3 is 0 Å². The van der Waals surface area contributed by atoms with Crippen LogP contribution in [0.2, 0.25) is 0 Å². The molecule has 1 saturated heterocycles. The number of nitrogens with two attached hydrogens (primary N) is 1. The van der Waals surface area contributed by atoms with Crippen molar-refractivity contribution in [1.29, 1.82) is 0 Å². The number of hydrogen-bond acceptors (Lipinski definition) is 4. The van der Waals surface area contributed by atoms with Crippen LogP contribution in [-0.2, 0) is 4.74 Å². The van der Waals surface area contributed by atoms with Crippen LogP contribution in [-0.4, -0.2) is 47.3 Å². The lowest BCUT2D eigenvalue weighted by atomic mass is 10.2. The van der Waals surface area contributed by atoms with Gasteiger partial charge in [-0.25, -0.2) is 0 Å². The molecular weight excluding hydrogens is 206 g/mol. The smallest absolute Gasteiger partial charge is 0.156 e. The second kappa shape index (κ2) is 5.50. The van der Waals surface area contributed by atoms with E-state index in [1.165, 1.54) is 0 Å². The summed E-state index contributed by atoms with van der Waals surface area (Å²) >= 11 is 0. The summed E-state index contributed by atoms with van der Waals surface area (Å²) in [6.45, 7) is 8.62. The molecule has 0 spiro atoms. The SMILES string of the molecule is CC(C)(C)OCCN1CCCC1C(N)=NO. The lowest BCUT2D eigenvalue weighted by Gasteiger charge is -2.26. The summed E-state index contributed by atoms with van der Waals surface area (Å²) in [5.74, 6) is 0.313. The maximum absolute atomic E-state index is 8.67. The summed E-state index contributed by atoms with van der Waals surface area (Å²) < 4.78 is 5.67. The topological polar surface area (TPSA) is 71.1 Å². The fourth-order valence-electron chi connectivity index (χ4n) is 1.96. The molecule has 0 saturated carbocycles. The summed E-state index contributed by atoms with van der Waals surface area (Å²) in [6.07, 6.45) is 2.06. The standard InChI is InChI=1S/C11H23N3O2/c1-11(2,3)16-8-7-14-6-4-5-9(14)10(12)13-15/h9,15H,4-8H2,1-3H3,(H2,12,13). The molecule has 1 unspecified atom stereocenters. The quantitative estimate of drug-likeness (QED) is 0.327. The number of oxime groups is 1. The molecule has 0 aromatic rings. The number of nitrogens with zero attached hydrogens (tertiary/aromatic N) is 2. The summed E-state index contributed by atoms with van der Waals surface area (Å²) in [6, 6.07) is 0.0774. The molecule has 1 aliphatic rings. The van der Waals surface area contributed by atoms with Crippen LogP contribution in [0.25, 0.3) is 0 Å². The molecule has 0 aromatic heterocycles. The first-order valence-electron chi connectivity index (χ1n) is 5.79. The molecule has 1 atom stereocenters. The van der Waals surface area contributed by atoms with E-state index in [9.17, 15) is 0 Å². The van der Waals surface area contributed by atoms with E-state index in [0.29, 0.717) is 12.4 Å². The van der Waals surface area contributed by atoms with Gasteiger partial charge in [-0.2, -0.15) is 0 Å². The van der Waals surface area contributed by atoms with Crippen molar-refractivity contribution in [3.05, 3.63) is 0 Å². The van der Waals surface area contributed by atoms with Gasteiger partial charge in [0.05, 0.1) is 18.2 Å². The maximum Gasteiger partial charge on any atom is 0.156 e. The Balaban J connectivity index is 2.36. The second-order valence-electron chi connectivity index (χ2n) is 5.18. The van der Waals surface area contributed by atoms with Crippen molar-refractivity contribution in [2.75, 3.05) is 19.7 Å². The van der Waals surface area contributed by atoms with E-state index in [4.69, 9.17) is 15.7 Å². The van der Waals surface area contributed by atoms with Gasteiger partial charge in [-0.15, -0.1) is 0 Å². The van der Waals surface area contributed by atoms with Gasteiger partial charge in [-0.05, 0) is 40.2 Å². The normalized spacial score (nSPS) is 23.9. The zero-order valence-corrected chi connectivity index (χ0v) is 10.4. The van der Waals surface area contributed by atoms with Gasteiger partial charge in [0, 0.05) is 6.54 Å². The van der Waals surface area contributed by atoms with Crippen LogP contribution in [0.5, 0.6) is 0 Å². The van der Waals surface area contributed by atoms with Crippen molar-refractivity contribution >= 4 is 5.84 Å². The van der Waals surface area contributed by atoms with Crippen molar-refractivity contribution < 1.29 is 9.94 Å². The molecule has 1 fully saturated rings. The fourth-order valence-corrected chi connectivity index (χ4v) is 1.96. The van der Waals surface area contributed by atoms with Crippen molar-refractivity contribution in [2.45, 2.75) is 45.3 Å². The van der Waals surface area contributed by atoms with Crippen LogP contribution in [0, 0.1) is 0 Å². The minimum absolute atomic E-state index is 0.0774. The molecule has 0 bridgehead atoms. The molecule has 5 heteroatoms. The average molecular weight is 229 g/mol. The third-order valence-corrected chi connectivity index (χ3v) is 2.73. The summed E-state index contributed by atoms with van der Waals surface area (Å²) in [5, 5.41) is 11.8. The van der Waals surface area contributed by atoms with Gasteiger partial charge in [0.1, 0.15) is 0 Å². The zero-order valence-electron chi connectivity index (χ0n) is 10.4. The Morgan fingerprint density at radius 1 is 1.56 bits per heavy atom. The molecule has 1 heterocycles. The van der Waals surface area contributed by atoms with Crippen LogP contribution >= 0.6 is 0 Å². The van der Waals surface area contributed by atoms with E-state index in [0.717, 1.165) is 25.9 Å². The van der Waals surface area contributed by atoms with Gasteiger partial charge in [-0.3, -0.25) is 4.90 Å². The Labute approximate surface area is 97.2 Å². The predicted molar refractivity (Wildman–Crippen MR) is 63.7 cm³/mol. The summed E-state index contributed by atoms with van der Waals surface area (Å²) in [7, 11) is 0. The third kappa shape index (κ3) is 3.98. The molecule has 1 aliphatic heterocycles. The molecule has 0 amide bonds. The Bertz CT molecular complexity index is 248. The van der Waals surface area contributed by atoms with E-state index in [2.05, 4.69) is 10.1 Å². The first-order valence-corrected chi connectivity index (χ1v) is 5.79. The average Bonchev–Trinajstić information content (AvgIpc) is 2.63. The maximum atomic E-state index is 8.67. The Kier molecular flexibility index (Phi) is 4.56. The van der Waals surface area contributed by atoms with Crippen LogP contribution in [0.4, 0.5) is 0 Å². The minimum atomic E-state index is -0.105. The van der Waals surface area contributed by atoms with E-state index >= 15 is 0 Å². The minimum Gasteiger partial charge on any atom is -0.409 e. The number of hydrogen-bond donors (Lipinski definition) is 2. The third-order valence-electron chi connectivity index (χ3n) is 2.73. The Morgan fingerprint density at radius 2 is 2.25 bits per heavy atom. The largest absolute Gasteiger partial charge is 0.409 e. The van der Waals surface area contributed by atoms with Crippen LogP contribution in [0.1, 0.15) is 33.6 Å². The van der Waals surface area contributed by atoms with Gasteiger partial charge in [0.15, 0.2) is 5.84 Å². The Hall–Kier alpha value is -0.810. The zero-order chi connectivity index (χ0) is 12.2. The highest BCUT2D eigenvalue weighted by atomic mass is 16.5. The van der Waals surface area contributed by atoms with E-state index < -0.39 is 0 Å². The van der Waals surface area contributed by atoms with Crippen molar-refractivity contribution in [3.8, 4) is 0 Å². The van der Waals surface area contributed by atoms with Crippen molar-refractivity contribution in [2.24, 2.45) is 10.9 Å². The van der Waals surface area contributed by atoms with Gasteiger partial charge in [0.2, 0.25) is 0 Å². The molecule has 16 heavy (non-hydrogen) atoms. The molecule has 0 aliphatic carbocycles. The van der Waals surface area contributed by atoms with Crippen LogP contribution in [0.15, 0.2) is 5.16 Å². The van der Waals surface area contributed by atoms with Crippen LogP contribution < -0.4 is 5.73 Å². The predicted octanol–water partition coefficient (Wildman–Crippen LogP) is 1.01. The lowest BCUT2D eigenvalue weighted by Crippen LogP contribution is -2.42. The molecular formula is C11H23N3O2. The molecule has 94 valence electrons. The van der Waals surface area contributed by atoms with E-state index in [-0.39, 0.29) is 11.6 Å². The van der Waals surface area contributed by atoms with Crippen LogP contribution in [0.3, 0.4) is 0 Å². The molecule has 0 radical (unpaired) electrons. The van der Waals surface area contributed by atoms with E-state index in [1.807, 2.05) is 20.8 Å². The highest BCUT2D eigenvalue weighted by Crippen LogP contribution is 2.17. The highest BCUT2D eigenvalue weighted by Gasteiger charge is 2.27. The molecule has 0 aromatic carbocycles. The number of rotatable bonds is 4. The molecule has 5 nitrogen and oxygen atoms in total. The van der Waals surface area contributed by atoms with Gasteiger partial charge in [-0.1, -0.05) is 5.16 Å². The van der Waals surface area contributed by atoms with E-state index in [1.54, 1.807) is 0 Å². The fraction of sp³-hybridized carbons (Fsp3) is 0.909. The number of amidine groups is 1. The Morgan fingerprint density at radius 3 is 2.81 bits per heavy atom. The lowest BCUT2D eigenvalue weighted by molar-refractivity contribution is -0.0124. The first-order chi connectivity index (χ1) is 7.44. The molecule has 1 rings (SSSR count). The van der Waals surface area contributed by atoms with Gasteiger partial charge in [0.25, 0.3) is 0 Å².